The zero-order valence-electron chi connectivity index (χ0n) is 7.15. The summed E-state index contributed by atoms with van der Waals surface area (Å²) < 4.78 is 24.6. The Hall–Kier alpha value is -1.50. The second-order valence-corrected chi connectivity index (χ2v) is 2.83. The van der Waals surface area contributed by atoms with Crippen molar-refractivity contribution in [3.05, 3.63) is 27.4 Å². The molecule has 0 saturated heterocycles. The molecule has 0 radical (unpaired) electrons. The Morgan fingerprint density at radius 3 is 2.67 bits per heavy atom. The molecule has 0 aromatic carbocycles. The van der Waals surface area contributed by atoms with Crippen LogP contribution in [-0.4, -0.2) is 15.0 Å². The highest BCUT2D eigenvalue weighted by Gasteiger charge is 2.26. The first-order valence-electron chi connectivity index (χ1n) is 3.68. The van der Waals surface area contributed by atoms with Crippen LogP contribution in [0.1, 0.15) is 17.7 Å². The summed E-state index contributed by atoms with van der Waals surface area (Å²) in [5.74, 6) is -1.86. The number of aromatic nitrogens is 1. The van der Waals surface area contributed by atoms with Gasteiger partial charge in [-0.25, -0.2) is 8.78 Å². The molecule has 5 nitrogen and oxygen atoms in total. The average Bonchev–Trinajstić information content (AvgIpc) is 2.16. The molecular weight excluding hydrogens is 234 g/mol. The highest BCUT2D eigenvalue weighted by atomic mass is 35.5. The third-order valence-corrected chi connectivity index (χ3v) is 1.87. The van der Waals surface area contributed by atoms with Crippen LogP contribution in [0.25, 0.3) is 0 Å². The minimum absolute atomic E-state index is 0.201. The van der Waals surface area contributed by atoms with Gasteiger partial charge in [-0.3, -0.25) is 0 Å². The molecule has 1 aromatic heterocycles. The summed E-state index contributed by atoms with van der Waals surface area (Å²) in [4.78, 5) is 12.6. The summed E-state index contributed by atoms with van der Waals surface area (Å²) in [7, 11) is 0. The van der Waals surface area contributed by atoms with E-state index in [1.165, 1.54) is 0 Å². The van der Waals surface area contributed by atoms with Gasteiger partial charge >= 0.3 is 5.82 Å². The van der Waals surface area contributed by atoms with E-state index in [9.17, 15) is 18.9 Å². The van der Waals surface area contributed by atoms with E-state index in [2.05, 4.69) is 4.98 Å². The van der Waals surface area contributed by atoms with Crippen LogP contribution in [0.2, 0.25) is 0 Å². The lowest BCUT2D eigenvalue weighted by Crippen LogP contribution is -2.01. The lowest BCUT2D eigenvalue weighted by atomic mass is 10.2. The molecule has 0 saturated carbocycles. The molecule has 0 fully saturated rings. The molecule has 1 N–H and O–H groups in total. The predicted molar refractivity (Wildman–Crippen MR) is 47.1 cm³/mol. The van der Waals surface area contributed by atoms with Crippen molar-refractivity contribution in [3.63, 3.8) is 0 Å². The van der Waals surface area contributed by atoms with E-state index in [0.717, 1.165) is 0 Å². The summed E-state index contributed by atoms with van der Waals surface area (Å²) in [6, 6.07) is 0.605. The second-order valence-electron chi connectivity index (χ2n) is 2.56. The summed E-state index contributed by atoms with van der Waals surface area (Å²) >= 11 is 5.31. The zero-order chi connectivity index (χ0) is 11.6. The third-order valence-electron chi connectivity index (χ3n) is 1.62. The van der Waals surface area contributed by atoms with Gasteiger partial charge in [-0.2, -0.15) is 0 Å². The Bertz CT molecular complexity index is 400. The number of aromatic hydroxyl groups is 1. The summed E-state index contributed by atoms with van der Waals surface area (Å²) in [5.41, 5.74) is -1.13. The van der Waals surface area contributed by atoms with Crippen molar-refractivity contribution in [2.24, 2.45) is 0 Å². The minimum atomic E-state index is -3.08. The number of halogens is 3. The summed E-state index contributed by atoms with van der Waals surface area (Å²) in [5, 5.41) is 19.5. The Labute approximate surface area is 87.5 Å². The van der Waals surface area contributed by atoms with Crippen LogP contribution in [-0.2, 0) is 5.88 Å². The number of alkyl halides is 3. The van der Waals surface area contributed by atoms with Gasteiger partial charge in [-0.1, -0.05) is 0 Å². The standard InChI is InChI=1S/C7H5ClF2N2O3/c8-2-4-5(13)1-3(6(9)10)7(11-4)12(14)15/h1,6,13H,2H2. The number of hydrogen-bond acceptors (Lipinski definition) is 4. The zero-order valence-corrected chi connectivity index (χ0v) is 7.91. The van der Waals surface area contributed by atoms with Crippen molar-refractivity contribution in [1.82, 2.24) is 4.98 Å². The van der Waals surface area contributed by atoms with Crippen LogP contribution in [0.4, 0.5) is 14.6 Å². The van der Waals surface area contributed by atoms with Gasteiger partial charge in [-0.15, -0.1) is 11.6 Å². The fourth-order valence-electron chi connectivity index (χ4n) is 0.950. The Morgan fingerprint density at radius 2 is 2.27 bits per heavy atom. The number of nitro groups is 1. The molecule has 0 aliphatic rings. The van der Waals surface area contributed by atoms with Gasteiger partial charge in [0.2, 0.25) is 5.69 Å². The van der Waals surface area contributed by atoms with Gasteiger partial charge < -0.3 is 15.2 Å². The van der Waals surface area contributed by atoms with Crippen molar-refractivity contribution in [2.45, 2.75) is 12.3 Å². The molecule has 0 atom stereocenters. The fourth-order valence-corrected chi connectivity index (χ4v) is 1.15. The molecule has 0 unspecified atom stereocenters. The van der Waals surface area contributed by atoms with E-state index >= 15 is 0 Å². The van der Waals surface area contributed by atoms with Crippen LogP contribution < -0.4 is 0 Å². The van der Waals surface area contributed by atoms with Crippen molar-refractivity contribution in [3.8, 4) is 5.75 Å². The molecule has 0 spiro atoms. The molecule has 1 heterocycles. The molecule has 1 aromatic rings. The van der Waals surface area contributed by atoms with Gasteiger partial charge in [0.25, 0.3) is 6.43 Å². The van der Waals surface area contributed by atoms with Crippen molar-refractivity contribution in [1.29, 1.82) is 0 Å². The normalized spacial score (nSPS) is 10.7. The number of rotatable bonds is 3. The summed E-state index contributed by atoms with van der Waals surface area (Å²) in [6.07, 6.45) is -3.08. The maximum atomic E-state index is 12.3. The van der Waals surface area contributed by atoms with Gasteiger partial charge in [-0.05, 0) is 9.91 Å². The molecule has 8 heteroatoms. The number of nitrogens with zero attached hydrogens (tertiary/aromatic N) is 2. The molecular formula is C7H5ClF2N2O3. The molecule has 15 heavy (non-hydrogen) atoms. The van der Waals surface area contributed by atoms with Crippen molar-refractivity contribution in [2.75, 3.05) is 0 Å². The van der Waals surface area contributed by atoms with E-state index in [-0.39, 0.29) is 11.6 Å². The first-order chi connectivity index (χ1) is 6.97. The quantitative estimate of drug-likeness (QED) is 0.498. The number of hydrogen-bond donors (Lipinski definition) is 1. The Morgan fingerprint density at radius 1 is 1.67 bits per heavy atom. The average molecular weight is 239 g/mol. The largest absolute Gasteiger partial charge is 0.504 e. The Kier molecular flexibility index (Phi) is 3.35. The summed E-state index contributed by atoms with van der Waals surface area (Å²) in [6.45, 7) is 0. The van der Waals surface area contributed by atoms with Crippen LogP contribution >= 0.6 is 11.6 Å². The van der Waals surface area contributed by atoms with Crippen molar-refractivity contribution >= 4 is 17.4 Å². The SMILES string of the molecule is O=[N+]([O-])c1nc(CCl)c(O)cc1C(F)F. The molecule has 0 aliphatic carbocycles. The highest BCUT2D eigenvalue weighted by Crippen LogP contribution is 2.32. The van der Waals surface area contributed by atoms with Gasteiger partial charge in [0, 0.05) is 6.07 Å². The van der Waals surface area contributed by atoms with Crippen LogP contribution in [0.5, 0.6) is 5.75 Å². The monoisotopic (exact) mass is 238 g/mol. The Balaban J connectivity index is 3.39. The minimum Gasteiger partial charge on any atom is -0.504 e. The maximum absolute atomic E-state index is 12.3. The van der Waals surface area contributed by atoms with Crippen LogP contribution in [0.3, 0.4) is 0 Å². The van der Waals surface area contributed by atoms with E-state index in [4.69, 9.17) is 16.7 Å². The van der Waals surface area contributed by atoms with Gasteiger partial charge in [0.1, 0.15) is 5.56 Å². The maximum Gasteiger partial charge on any atom is 0.372 e. The van der Waals surface area contributed by atoms with Gasteiger partial charge in [0.15, 0.2) is 5.75 Å². The lowest BCUT2D eigenvalue weighted by molar-refractivity contribution is -0.391. The topological polar surface area (TPSA) is 76.3 Å². The predicted octanol–water partition coefficient (Wildman–Crippen LogP) is 2.37. The third kappa shape index (κ3) is 2.30. The van der Waals surface area contributed by atoms with Gasteiger partial charge in [0.05, 0.1) is 5.88 Å². The smallest absolute Gasteiger partial charge is 0.372 e. The second kappa shape index (κ2) is 4.35. The van der Waals surface area contributed by atoms with Crippen LogP contribution in [0, 0.1) is 10.1 Å². The molecule has 82 valence electrons. The molecule has 0 aliphatic heterocycles. The van der Waals surface area contributed by atoms with E-state index in [0.29, 0.717) is 6.07 Å². The molecule has 0 amide bonds. The lowest BCUT2D eigenvalue weighted by Gasteiger charge is -2.03. The fraction of sp³-hybridized carbons (Fsp3) is 0.286. The van der Waals surface area contributed by atoms with Crippen molar-refractivity contribution < 1.29 is 18.8 Å². The van der Waals surface area contributed by atoms with E-state index < -0.39 is 28.5 Å². The van der Waals surface area contributed by atoms with Crippen LogP contribution in [0.15, 0.2) is 6.07 Å². The molecule has 1 rings (SSSR count). The van der Waals surface area contributed by atoms with E-state index in [1.807, 2.05) is 0 Å². The molecule has 0 bridgehead atoms. The van der Waals surface area contributed by atoms with E-state index in [1.54, 1.807) is 0 Å². The first kappa shape index (κ1) is 11.6. The first-order valence-corrected chi connectivity index (χ1v) is 4.22. The highest BCUT2D eigenvalue weighted by molar-refractivity contribution is 6.17. The number of pyridine rings is 1.